The van der Waals surface area contributed by atoms with E-state index in [9.17, 15) is 19.5 Å². The van der Waals surface area contributed by atoms with Crippen LogP contribution in [0.3, 0.4) is 0 Å². The van der Waals surface area contributed by atoms with Crippen molar-refractivity contribution in [2.24, 2.45) is 22.7 Å². The van der Waals surface area contributed by atoms with E-state index in [-0.39, 0.29) is 60.7 Å². The molecule has 7 unspecified atom stereocenters. The lowest BCUT2D eigenvalue weighted by molar-refractivity contribution is -0.141. The van der Waals surface area contributed by atoms with Crippen molar-refractivity contribution in [1.29, 1.82) is 0 Å². The van der Waals surface area contributed by atoms with Gasteiger partial charge in [-0.25, -0.2) is 9.78 Å². The molecule has 328 valence electrons. The molecule has 0 spiro atoms. The molecular weight excluding hydrogens is 789 g/mol. The lowest BCUT2D eigenvalue weighted by Crippen LogP contribution is -2.50. The maximum Gasteiger partial charge on any atom is 0.341 e. The first-order valence-electron chi connectivity index (χ1n) is 22.8. The van der Waals surface area contributed by atoms with E-state index < -0.39 is 18.1 Å². The van der Waals surface area contributed by atoms with Gasteiger partial charge in [-0.1, -0.05) is 55.7 Å². The number of anilines is 1. The molecule has 0 aromatic carbocycles. The first kappa shape index (κ1) is 40.8. The summed E-state index contributed by atoms with van der Waals surface area (Å²) in [5.41, 5.74) is 4.53. The quantitative estimate of drug-likeness (QED) is 0.186. The van der Waals surface area contributed by atoms with Gasteiger partial charge in [-0.15, -0.1) is 0 Å². The smallest absolute Gasteiger partial charge is 0.341 e. The average molecular weight is 847 g/mol. The van der Waals surface area contributed by atoms with Gasteiger partial charge in [0.15, 0.2) is 12.8 Å². The second-order valence-corrected chi connectivity index (χ2v) is 18.4. The van der Waals surface area contributed by atoms with E-state index in [1.807, 2.05) is 41.6 Å². The molecule has 9 aliphatic rings. The minimum absolute atomic E-state index is 0.0128. The van der Waals surface area contributed by atoms with Gasteiger partial charge in [0, 0.05) is 43.4 Å². The van der Waals surface area contributed by atoms with Crippen LogP contribution in [0, 0.1) is 17.8 Å². The fraction of sp³-hybridized carbons (Fsp3) is 0.562. The summed E-state index contributed by atoms with van der Waals surface area (Å²) in [5.74, 6) is 1.08. The van der Waals surface area contributed by atoms with Gasteiger partial charge in [0.1, 0.15) is 41.6 Å². The van der Waals surface area contributed by atoms with Crippen LogP contribution in [0.25, 0.3) is 0 Å². The van der Waals surface area contributed by atoms with E-state index in [1.54, 1.807) is 0 Å². The van der Waals surface area contributed by atoms with Crippen LogP contribution in [0.4, 0.5) is 5.82 Å². The van der Waals surface area contributed by atoms with Gasteiger partial charge in [0.25, 0.3) is 5.91 Å². The number of carboxylic acid groups (broad SMARTS) is 1. The number of aliphatic imine (C=N–C) groups is 1. The van der Waals surface area contributed by atoms with E-state index in [1.165, 1.54) is 13.5 Å². The number of hydrogen-bond acceptors (Lipinski definition) is 12. The number of carbonyl (C=O) groups excluding carboxylic acids is 2. The molecule has 62 heavy (non-hydrogen) atoms. The van der Waals surface area contributed by atoms with Crippen molar-refractivity contribution in [2.75, 3.05) is 32.2 Å². The van der Waals surface area contributed by atoms with Crippen molar-refractivity contribution in [2.45, 2.75) is 126 Å². The average Bonchev–Trinajstić information content (AvgIpc) is 4.25. The zero-order chi connectivity index (χ0) is 42.3. The third kappa shape index (κ3) is 8.47. The SMILES string of the molecule is COC(=O)c1cc(C2CC2)cnc1NC1CCC2=C(C1)OCC(OC[C@@H]1CC1C1=CC(C(=O)O)C(NC3C=CC4=C(C3)OCC(=O)N4C3CCCCC3)N=C1)N2C1C=CC=CC1. The summed E-state index contributed by atoms with van der Waals surface area (Å²) in [6.45, 7) is 0.967. The van der Waals surface area contributed by atoms with Crippen LogP contribution in [0.2, 0.25) is 0 Å². The standard InChI is InChI=1S/C48H58N6O8/c1-59-48(58)38-18-29(28-12-13-28)23-49-46(38)52-33-15-17-40-42(22-33)61-27-44(54(40)35-10-6-3-7-11-35)62-25-31-20-36(31)30-19-37(47(56)57)45(50-24-30)51-32-14-16-39-41(21-32)60-26-43(55)53(39)34-8-4-2-5-9-34/h3,6-7,10,14,16,18-19,23-24,28,31-37,44-45,51H,2,4-5,8-9,11-13,15,17,20-22,25-27H2,1H3,(H,49,52)(H,56,57)/t31-,32?,33?,35?,36?,37?,44?,45?/m0/s1. The fourth-order valence-electron chi connectivity index (χ4n) is 10.6. The maximum atomic E-state index is 12.9. The Bertz CT molecular complexity index is 2170. The monoisotopic (exact) mass is 846 g/mol. The number of methoxy groups -OCH3 is 1. The van der Waals surface area contributed by atoms with E-state index >= 15 is 0 Å². The Labute approximate surface area is 362 Å². The molecule has 1 aromatic heterocycles. The lowest BCUT2D eigenvalue weighted by atomic mass is 9.92. The van der Waals surface area contributed by atoms with Gasteiger partial charge >= 0.3 is 11.9 Å². The number of dihydropyridines is 1. The van der Waals surface area contributed by atoms with Crippen LogP contribution in [0.15, 0.2) is 88.3 Å². The molecule has 8 atom stereocenters. The molecule has 1 aromatic rings. The Morgan fingerprint density at radius 3 is 2.69 bits per heavy atom. The summed E-state index contributed by atoms with van der Waals surface area (Å²) in [6, 6.07) is 2.15. The van der Waals surface area contributed by atoms with Crippen molar-refractivity contribution in [3.63, 3.8) is 0 Å². The summed E-state index contributed by atoms with van der Waals surface area (Å²) in [7, 11) is 1.41. The molecule has 0 bridgehead atoms. The number of rotatable bonds is 13. The summed E-state index contributed by atoms with van der Waals surface area (Å²) in [5, 5.41) is 17.4. The number of carboxylic acids is 1. The third-order valence-corrected chi connectivity index (χ3v) is 14.2. The Kier molecular flexibility index (Phi) is 11.5. The van der Waals surface area contributed by atoms with Crippen molar-refractivity contribution in [3.05, 3.63) is 94.4 Å². The fourth-order valence-corrected chi connectivity index (χ4v) is 10.6. The Morgan fingerprint density at radius 1 is 1.03 bits per heavy atom. The number of esters is 1. The van der Waals surface area contributed by atoms with Crippen LogP contribution < -0.4 is 10.6 Å². The van der Waals surface area contributed by atoms with Crippen LogP contribution in [0.5, 0.6) is 0 Å². The normalized spacial score (nSPS) is 31.8. The van der Waals surface area contributed by atoms with Crippen LogP contribution >= 0.6 is 0 Å². The molecule has 1 amide bonds. The van der Waals surface area contributed by atoms with Crippen molar-refractivity contribution >= 4 is 29.9 Å². The number of carbonyl (C=O) groups is 3. The molecule has 0 saturated heterocycles. The van der Waals surface area contributed by atoms with Crippen LogP contribution in [-0.2, 0) is 28.5 Å². The largest absolute Gasteiger partial charge is 0.491 e. The minimum Gasteiger partial charge on any atom is -0.491 e. The molecule has 3 saturated carbocycles. The second-order valence-electron chi connectivity index (χ2n) is 18.4. The molecule has 6 aliphatic carbocycles. The number of aromatic nitrogens is 1. The Morgan fingerprint density at radius 2 is 1.90 bits per heavy atom. The van der Waals surface area contributed by atoms with E-state index in [0.29, 0.717) is 43.4 Å². The Balaban J connectivity index is 0.762. The third-order valence-electron chi connectivity index (χ3n) is 14.2. The zero-order valence-corrected chi connectivity index (χ0v) is 35.5. The highest BCUT2D eigenvalue weighted by molar-refractivity contribution is 5.95. The molecular formula is C48H58N6O8. The van der Waals surface area contributed by atoms with Crippen LogP contribution in [-0.4, -0.2) is 107 Å². The number of hydrogen-bond donors (Lipinski definition) is 3. The number of pyridine rings is 1. The van der Waals surface area contributed by atoms with Gasteiger partial charge in [-0.2, -0.15) is 0 Å². The molecule has 4 heterocycles. The summed E-state index contributed by atoms with van der Waals surface area (Å²) < 4.78 is 24.3. The molecule has 14 nitrogen and oxygen atoms in total. The highest BCUT2D eigenvalue weighted by Gasteiger charge is 2.45. The van der Waals surface area contributed by atoms with Crippen molar-refractivity contribution in [1.82, 2.24) is 20.1 Å². The molecule has 3 aliphatic heterocycles. The van der Waals surface area contributed by atoms with Crippen molar-refractivity contribution in [3.8, 4) is 0 Å². The van der Waals surface area contributed by atoms with Gasteiger partial charge in [0.2, 0.25) is 0 Å². The number of nitrogens with one attached hydrogen (secondary N) is 2. The van der Waals surface area contributed by atoms with E-state index in [0.717, 1.165) is 98.3 Å². The summed E-state index contributed by atoms with van der Waals surface area (Å²) >= 11 is 0. The zero-order valence-electron chi connectivity index (χ0n) is 35.5. The molecule has 0 radical (unpaired) electrons. The van der Waals surface area contributed by atoms with Crippen molar-refractivity contribution < 1.29 is 38.4 Å². The topological polar surface area (TPSA) is 164 Å². The number of ether oxygens (including phenoxy) is 4. The highest BCUT2D eigenvalue weighted by atomic mass is 16.6. The van der Waals surface area contributed by atoms with Crippen LogP contribution in [0.1, 0.15) is 105 Å². The molecule has 14 heteroatoms. The number of amides is 1. The predicted octanol–water partition coefficient (Wildman–Crippen LogP) is 6.48. The highest BCUT2D eigenvalue weighted by Crippen LogP contribution is 2.47. The predicted molar refractivity (Wildman–Crippen MR) is 231 cm³/mol. The second kappa shape index (κ2) is 17.5. The van der Waals surface area contributed by atoms with Gasteiger partial charge in [-0.3, -0.25) is 19.9 Å². The van der Waals surface area contributed by atoms with E-state index in [4.69, 9.17) is 23.9 Å². The summed E-state index contributed by atoms with van der Waals surface area (Å²) in [6.07, 6.45) is 29.7. The molecule has 10 rings (SSSR count). The first-order chi connectivity index (χ1) is 30.3. The maximum absolute atomic E-state index is 12.9. The molecule has 3 fully saturated rings. The lowest BCUT2D eigenvalue weighted by Gasteiger charge is -2.46. The molecule has 3 N–H and O–H groups in total. The number of nitrogens with zero attached hydrogens (tertiary/aromatic N) is 4. The first-order valence-corrected chi connectivity index (χ1v) is 22.8. The minimum atomic E-state index is -0.918. The van der Waals surface area contributed by atoms with Gasteiger partial charge < -0.3 is 39.2 Å². The van der Waals surface area contributed by atoms with Gasteiger partial charge in [-0.05, 0) is 92.4 Å². The Hall–Kier alpha value is -5.21. The van der Waals surface area contributed by atoms with E-state index in [2.05, 4.69) is 44.8 Å². The van der Waals surface area contributed by atoms with Gasteiger partial charge in [0.05, 0.1) is 31.2 Å². The summed E-state index contributed by atoms with van der Waals surface area (Å²) in [4.78, 5) is 52.2. The number of aliphatic carboxylic acids is 1. The number of allylic oxidation sites excluding steroid dienone is 5.